The predicted octanol–water partition coefficient (Wildman–Crippen LogP) is 4.89. The Hall–Kier alpha value is -0.780. The van der Waals surface area contributed by atoms with Crippen molar-refractivity contribution in [1.29, 1.82) is 0 Å². The molecule has 0 radical (unpaired) electrons. The smallest absolute Gasteiger partial charge is 0.0234 e. The topological polar surface area (TPSA) is 0 Å². The molecule has 0 N–H and O–H groups in total. The second-order valence-corrected chi connectivity index (χ2v) is 3.89. The molecule has 80 valence electrons. The largest absolute Gasteiger partial charge is 0.102 e. The standard InChI is InChI=1S/C14H24/c1-5-9-10-11-12-13-14(6-2,7-3)8-4/h6-8H,2-5,9-13H2,1H3. The van der Waals surface area contributed by atoms with Gasteiger partial charge < -0.3 is 0 Å². The lowest BCUT2D eigenvalue weighted by molar-refractivity contribution is 0.504. The summed E-state index contributed by atoms with van der Waals surface area (Å²) in [5.41, 5.74) is -0.0355. The molecule has 0 heterocycles. The monoisotopic (exact) mass is 192 g/mol. The molecule has 0 aliphatic rings. The summed E-state index contributed by atoms with van der Waals surface area (Å²) in [6, 6.07) is 0. The van der Waals surface area contributed by atoms with E-state index in [1.807, 2.05) is 18.2 Å². The van der Waals surface area contributed by atoms with E-state index in [1.54, 1.807) is 0 Å². The molecular weight excluding hydrogens is 168 g/mol. The predicted molar refractivity (Wildman–Crippen MR) is 66.4 cm³/mol. The fourth-order valence-electron chi connectivity index (χ4n) is 1.59. The molecule has 0 unspecified atom stereocenters. The number of rotatable bonds is 9. The Labute approximate surface area is 89.4 Å². The highest BCUT2D eigenvalue weighted by Crippen LogP contribution is 2.29. The van der Waals surface area contributed by atoms with E-state index < -0.39 is 0 Å². The third-order valence-electron chi connectivity index (χ3n) is 2.85. The van der Waals surface area contributed by atoms with Crippen LogP contribution in [0.4, 0.5) is 0 Å². The number of unbranched alkanes of at least 4 members (excludes halogenated alkanes) is 4. The van der Waals surface area contributed by atoms with Gasteiger partial charge in [-0.05, 0) is 6.42 Å². The molecule has 0 spiro atoms. The highest BCUT2D eigenvalue weighted by molar-refractivity contribution is 5.15. The number of allylic oxidation sites excluding steroid dienone is 3. The van der Waals surface area contributed by atoms with E-state index >= 15 is 0 Å². The van der Waals surface area contributed by atoms with Crippen molar-refractivity contribution in [3.63, 3.8) is 0 Å². The Bertz CT molecular complexity index is 155. The molecule has 0 aromatic carbocycles. The fraction of sp³-hybridized carbons (Fsp3) is 0.571. The van der Waals surface area contributed by atoms with E-state index in [1.165, 1.54) is 32.1 Å². The molecule has 0 nitrogen and oxygen atoms in total. The summed E-state index contributed by atoms with van der Waals surface area (Å²) in [4.78, 5) is 0. The van der Waals surface area contributed by atoms with Crippen molar-refractivity contribution in [2.24, 2.45) is 5.41 Å². The van der Waals surface area contributed by atoms with E-state index in [2.05, 4.69) is 26.7 Å². The van der Waals surface area contributed by atoms with Gasteiger partial charge in [-0.2, -0.15) is 0 Å². The molecule has 0 aromatic rings. The molecule has 0 fully saturated rings. The highest BCUT2D eigenvalue weighted by Gasteiger charge is 2.16. The molecule has 14 heavy (non-hydrogen) atoms. The molecule has 0 amide bonds. The zero-order valence-electron chi connectivity index (χ0n) is 9.60. The maximum atomic E-state index is 3.85. The Morgan fingerprint density at radius 1 is 0.857 bits per heavy atom. The molecule has 0 heteroatoms. The van der Waals surface area contributed by atoms with E-state index in [0.29, 0.717) is 0 Å². The molecule has 0 atom stereocenters. The minimum Gasteiger partial charge on any atom is -0.102 e. The molecule has 0 bridgehead atoms. The van der Waals surface area contributed by atoms with Crippen molar-refractivity contribution in [2.75, 3.05) is 0 Å². The molecule has 0 aliphatic heterocycles. The van der Waals surface area contributed by atoms with Crippen LogP contribution < -0.4 is 0 Å². The van der Waals surface area contributed by atoms with Gasteiger partial charge in [0.05, 0.1) is 0 Å². The van der Waals surface area contributed by atoms with E-state index in [9.17, 15) is 0 Å². The van der Waals surface area contributed by atoms with Gasteiger partial charge in [-0.3, -0.25) is 0 Å². The minimum atomic E-state index is -0.0355. The van der Waals surface area contributed by atoms with E-state index in [-0.39, 0.29) is 5.41 Å². The Kier molecular flexibility index (Phi) is 7.18. The first-order valence-electron chi connectivity index (χ1n) is 5.65. The normalized spacial score (nSPS) is 10.9. The quantitative estimate of drug-likeness (QED) is 0.360. The van der Waals surface area contributed by atoms with Crippen LogP contribution in [0.2, 0.25) is 0 Å². The number of hydrogen-bond acceptors (Lipinski definition) is 0. The second-order valence-electron chi connectivity index (χ2n) is 3.89. The van der Waals surface area contributed by atoms with Gasteiger partial charge in [0.15, 0.2) is 0 Å². The van der Waals surface area contributed by atoms with Crippen LogP contribution in [0.5, 0.6) is 0 Å². The fourth-order valence-corrected chi connectivity index (χ4v) is 1.59. The lowest BCUT2D eigenvalue weighted by Crippen LogP contribution is -2.09. The van der Waals surface area contributed by atoms with Crippen LogP contribution in [0.1, 0.15) is 45.4 Å². The first kappa shape index (κ1) is 13.2. The lowest BCUT2D eigenvalue weighted by atomic mass is 9.83. The third kappa shape index (κ3) is 4.45. The highest BCUT2D eigenvalue weighted by atomic mass is 14.2. The third-order valence-corrected chi connectivity index (χ3v) is 2.85. The first-order chi connectivity index (χ1) is 6.74. The van der Waals surface area contributed by atoms with Crippen LogP contribution in [0.25, 0.3) is 0 Å². The van der Waals surface area contributed by atoms with Crippen molar-refractivity contribution in [2.45, 2.75) is 45.4 Å². The molecule has 0 rings (SSSR count). The first-order valence-corrected chi connectivity index (χ1v) is 5.65. The summed E-state index contributed by atoms with van der Waals surface area (Å²) in [5, 5.41) is 0. The van der Waals surface area contributed by atoms with Crippen LogP contribution in [0, 0.1) is 5.41 Å². The van der Waals surface area contributed by atoms with Crippen molar-refractivity contribution in [3.05, 3.63) is 38.0 Å². The number of hydrogen-bond donors (Lipinski definition) is 0. The van der Waals surface area contributed by atoms with Gasteiger partial charge in [0, 0.05) is 5.41 Å². The van der Waals surface area contributed by atoms with Crippen molar-refractivity contribution < 1.29 is 0 Å². The molecule has 0 aliphatic carbocycles. The summed E-state index contributed by atoms with van der Waals surface area (Å²) in [6.45, 7) is 13.8. The molecule has 0 saturated heterocycles. The summed E-state index contributed by atoms with van der Waals surface area (Å²) in [5.74, 6) is 0. The Morgan fingerprint density at radius 3 is 1.79 bits per heavy atom. The van der Waals surface area contributed by atoms with Crippen LogP contribution in [0.15, 0.2) is 38.0 Å². The van der Waals surface area contributed by atoms with Crippen molar-refractivity contribution in [3.8, 4) is 0 Å². The van der Waals surface area contributed by atoms with Gasteiger partial charge >= 0.3 is 0 Å². The van der Waals surface area contributed by atoms with Gasteiger partial charge in [0.25, 0.3) is 0 Å². The van der Waals surface area contributed by atoms with Crippen molar-refractivity contribution in [1.82, 2.24) is 0 Å². The van der Waals surface area contributed by atoms with Crippen LogP contribution in [0.3, 0.4) is 0 Å². The van der Waals surface area contributed by atoms with Crippen LogP contribution in [-0.2, 0) is 0 Å². The zero-order valence-corrected chi connectivity index (χ0v) is 9.60. The maximum Gasteiger partial charge on any atom is 0.0234 e. The van der Waals surface area contributed by atoms with Gasteiger partial charge in [0.2, 0.25) is 0 Å². The Morgan fingerprint density at radius 2 is 1.36 bits per heavy atom. The Balaban J connectivity index is 3.77. The zero-order chi connectivity index (χ0) is 10.9. The summed E-state index contributed by atoms with van der Waals surface area (Å²) in [6.07, 6.45) is 13.5. The molecular formula is C14H24. The van der Waals surface area contributed by atoms with Gasteiger partial charge in [-0.1, -0.05) is 57.3 Å². The summed E-state index contributed by atoms with van der Waals surface area (Å²) >= 11 is 0. The SMILES string of the molecule is C=CC(C=C)(C=C)CCCCCCC. The molecule has 0 saturated carbocycles. The second kappa shape index (κ2) is 7.61. The van der Waals surface area contributed by atoms with Crippen LogP contribution >= 0.6 is 0 Å². The lowest BCUT2D eigenvalue weighted by Gasteiger charge is -2.21. The molecule has 0 aromatic heterocycles. The average Bonchev–Trinajstić information content (AvgIpc) is 2.24. The van der Waals surface area contributed by atoms with E-state index in [0.717, 1.165) is 6.42 Å². The van der Waals surface area contributed by atoms with Crippen molar-refractivity contribution >= 4 is 0 Å². The average molecular weight is 192 g/mol. The van der Waals surface area contributed by atoms with Crippen LogP contribution in [-0.4, -0.2) is 0 Å². The van der Waals surface area contributed by atoms with E-state index in [4.69, 9.17) is 0 Å². The van der Waals surface area contributed by atoms with Gasteiger partial charge in [-0.15, -0.1) is 19.7 Å². The minimum absolute atomic E-state index is 0.0355. The van der Waals surface area contributed by atoms with Gasteiger partial charge in [-0.25, -0.2) is 0 Å². The van der Waals surface area contributed by atoms with Gasteiger partial charge in [0.1, 0.15) is 0 Å². The maximum absolute atomic E-state index is 3.85. The summed E-state index contributed by atoms with van der Waals surface area (Å²) < 4.78 is 0. The summed E-state index contributed by atoms with van der Waals surface area (Å²) in [7, 11) is 0.